The number of amides is 2. The molecule has 5 rings (SSSR count). The standard InChI is InChI=1S/C25H26ClFN2O6/c1-12-2-4-14(7-16(12)27)33-11-24(31)28-17-8-22-18(9-21(17)35-22)29-25(32)23-10-19(30)15-6-13(26)3-5-20(15)34-23/h2-7,17-19,21-23,30H,8-11H2,1H3,(H,28,31)(H,29,32)/t17-,18-,19-,21+,22+,23-/m1/s1. The third-order valence-electron chi connectivity index (χ3n) is 6.74. The number of rotatable bonds is 6. The van der Waals surface area contributed by atoms with Crippen LogP contribution in [0, 0.1) is 12.7 Å². The highest BCUT2D eigenvalue weighted by molar-refractivity contribution is 6.30. The third-order valence-corrected chi connectivity index (χ3v) is 6.97. The van der Waals surface area contributed by atoms with E-state index in [-0.39, 0.29) is 60.7 Å². The molecule has 2 fully saturated rings. The minimum Gasteiger partial charge on any atom is -0.484 e. The Morgan fingerprint density at radius 2 is 1.86 bits per heavy atom. The molecule has 3 aliphatic heterocycles. The van der Waals surface area contributed by atoms with Crippen LogP contribution in [0.4, 0.5) is 4.39 Å². The number of carbonyl (C=O) groups is 2. The molecule has 35 heavy (non-hydrogen) atoms. The van der Waals surface area contributed by atoms with Crippen LogP contribution in [0.15, 0.2) is 36.4 Å². The Morgan fingerprint density at radius 3 is 2.57 bits per heavy atom. The summed E-state index contributed by atoms with van der Waals surface area (Å²) in [5, 5.41) is 16.8. The molecule has 0 aromatic heterocycles. The van der Waals surface area contributed by atoms with Crippen molar-refractivity contribution in [1.82, 2.24) is 10.6 Å². The summed E-state index contributed by atoms with van der Waals surface area (Å²) in [4.78, 5) is 25.2. The van der Waals surface area contributed by atoms with Gasteiger partial charge in [-0.1, -0.05) is 17.7 Å². The van der Waals surface area contributed by atoms with E-state index >= 15 is 0 Å². The highest BCUT2D eigenvalue weighted by Gasteiger charge is 2.49. The number of carbonyl (C=O) groups excluding carboxylic acids is 2. The molecule has 0 spiro atoms. The molecule has 2 saturated heterocycles. The molecule has 2 aromatic carbocycles. The molecule has 2 aromatic rings. The lowest BCUT2D eigenvalue weighted by atomic mass is 9.90. The average molecular weight is 505 g/mol. The van der Waals surface area contributed by atoms with Gasteiger partial charge in [-0.05, 0) is 49.6 Å². The maximum absolute atomic E-state index is 13.6. The molecular weight excluding hydrogens is 479 g/mol. The molecule has 3 heterocycles. The fraction of sp³-hybridized carbons (Fsp3) is 0.440. The van der Waals surface area contributed by atoms with Crippen molar-refractivity contribution in [2.75, 3.05) is 6.61 Å². The second kappa shape index (κ2) is 9.64. The van der Waals surface area contributed by atoms with Gasteiger partial charge in [0, 0.05) is 23.1 Å². The van der Waals surface area contributed by atoms with Crippen LogP contribution in [0.5, 0.6) is 11.5 Å². The highest BCUT2D eigenvalue weighted by Crippen LogP contribution is 2.38. The first-order valence-electron chi connectivity index (χ1n) is 11.5. The van der Waals surface area contributed by atoms with Crippen LogP contribution in [0.2, 0.25) is 5.02 Å². The summed E-state index contributed by atoms with van der Waals surface area (Å²) < 4.78 is 30.7. The van der Waals surface area contributed by atoms with Gasteiger partial charge in [0.15, 0.2) is 12.7 Å². The number of benzene rings is 2. The van der Waals surface area contributed by atoms with Gasteiger partial charge in [0.25, 0.3) is 11.8 Å². The van der Waals surface area contributed by atoms with Gasteiger partial charge in [0.1, 0.15) is 17.3 Å². The third kappa shape index (κ3) is 5.07. The summed E-state index contributed by atoms with van der Waals surface area (Å²) >= 11 is 5.98. The smallest absolute Gasteiger partial charge is 0.261 e. The van der Waals surface area contributed by atoms with Crippen LogP contribution in [0.25, 0.3) is 0 Å². The first-order chi connectivity index (χ1) is 16.8. The van der Waals surface area contributed by atoms with Crippen molar-refractivity contribution in [2.24, 2.45) is 0 Å². The molecular formula is C25H26ClFN2O6. The summed E-state index contributed by atoms with van der Waals surface area (Å²) in [6, 6.07) is 8.99. The highest BCUT2D eigenvalue weighted by atomic mass is 35.5. The van der Waals surface area contributed by atoms with E-state index in [1.54, 1.807) is 37.3 Å². The van der Waals surface area contributed by atoms with Gasteiger partial charge < -0.3 is 30.0 Å². The molecule has 2 bridgehead atoms. The van der Waals surface area contributed by atoms with E-state index in [0.717, 1.165) is 0 Å². The van der Waals surface area contributed by atoms with E-state index in [2.05, 4.69) is 10.6 Å². The second-order valence-electron chi connectivity index (χ2n) is 9.21. The van der Waals surface area contributed by atoms with E-state index in [9.17, 15) is 19.1 Å². The maximum atomic E-state index is 13.6. The van der Waals surface area contributed by atoms with Gasteiger partial charge >= 0.3 is 0 Å². The van der Waals surface area contributed by atoms with Crippen molar-refractivity contribution in [1.29, 1.82) is 0 Å². The van der Waals surface area contributed by atoms with Gasteiger partial charge in [-0.25, -0.2) is 4.39 Å². The zero-order chi connectivity index (χ0) is 24.7. The summed E-state index contributed by atoms with van der Waals surface area (Å²) in [6.45, 7) is 1.42. The number of aliphatic hydroxyl groups is 1. The lowest BCUT2D eigenvalue weighted by Gasteiger charge is -2.31. The predicted molar refractivity (Wildman–Crippen MR) is 124 cm³/mol. The van der Waals surface area contributed by atoms with Crippen LogP contribution in [-0.4, -0.2) is 53.9 Å². The van der Waals surface area contributed by atoms with Gasteiger partial charge in [-0.15, -0.1) is 0 Å². The molecule has 186 valence electrons. The first kappa shape index (κ1) is 23.8. The summed E-state index contributed by atoms with van der Waals surface area (Å²) in [7, 11) is 0. The topological polar surface area (TPSA) is 106 Å². The number of hydrogen-bond donors (Lipinski definition) is 3. The lowest BCUT2D eigenvalue weighted by Crippen LogP contribution is -2.52. The average Bonchev–Trinajstić information content (AvgIpc) is 3.40. The number of fused-ring (bicyclic) bond motifs is 3. The maximum Gasteiger partial charge on any atom is 0.261 e. The van der Waals surface area contributed by atoms with Crippen LogP contribution in [0.1, 0.15) is 36.5 Å². The Labute approximate surface area is 206 Å². The van der Waals surface area contributed by atoms with E-state index in [0.29, 0.717) is 34.7 Å². The predicted octanol–water partition coefficient (Wildman–Crippen LogP) is 2.58. The quantitative estimate of drug-likeness (QED) is 0.558. The number of nitrogens with one attached hydrogen (secondary N) is 2. The van der Waals surface area contributed by atoms with Crippen molar-refractivity contribution in [3.05, 3.63) is 58.4 Å². The van der Waals surface area contributed by atoms with E-state index in [1.165, 1.54) is 6.07 Å². The zero-order valence-electron chi connectivity index (χ0n) is 19.0. The number of aliphatic hydroxyl groups excluding tert-OH is 1. The van der Waals surface area contributed by atoms with Crippen molar-refractivity contribution >= 4 is 23.4 Å². The monoisotopic (exact) mass is 504 g/mol. The summed E-state index contributed by atoms with van der Waals surface area (Å²) in [6.07, 6.45) is -0.902. The Morgan fingerprint density at radius 1 is 1.11 bits per heavy atom. The van der Waals surface area contributed by atoms with Crippen LogP contribution in [-0.2, 0) is 14.3 Å². The number of hydrogen-bond acceptors (Lipinski definition) is 6. The molecule has 0 radical (unpaired) electrons. The Balaban J connectivity index is 1.09. The minimum absolute atomic E-state index is 0.129. The summed E-state index contributed by atoms with van der Waals surface area (Å²) in [5.41, 5.74) is 1.07. The van der Waals surface area contributed by atoms with E-state index in [4.69, 9.17) is 25.8 Å². The van der Waals surface area contributed by atoms with E-state index in [1.807, 2.05) is 0 Å². The van der Waals surface area contributed by atoms with Crippen LogP contribution in [0.3, 0.4) is 0 Å². The molecule has 0 saturated carbocycles. The molecule has 10 heteroatoms. The molecule has 3 aliphatic rings. The molecule has 0 unspecified atom stereocenters. The summed E-state index contributed by atoms with van der Waals surface area (Å²) in [5.74, 6) is -0.299. The van der Waals surface area contributed by atoms with Crippen LogP contribution >= 0.6 is 11.6 Å². The van der Waals surface area contributed by atoms with Crippen molar-refractivity contribution in [3.63, 3.8) is 0 Å². The number of aryl methyl sites for hydroxylation is 1. The fourth-order valence-corrected chi connectivity index (χ4v) is 5.06. The van der Waals surface area contributed by atoms with Gasteiger partial charge in [-0.2, -0.15) is 0 Å². The molecule has 6 atom stereocenters. The second-order valence-corrected chi connectivity index (χ2v) is 9.65. The molecule has 2 amide bonds. The Hall–Kier alpha value is -2.88. The molecule has 8 nitrogen and oxygen atoms in total. The fourth-order valence-electron chi connectivity index (χ4n) is 4.88. The SMILES string of the molecule is Cc1ccc(OCC(=O)N[C@@H]2C[C@@H]3O[C@H]2C[C@H]3NC(=O)[C@H]2C[C@@H](O)c3cc(Cl)ccc3O2)cc1F. The largest absolute Gasteiger partial charge is 0.484 e. The Bertz CT molecular complexity index is 1150. The molecule has 3 N–H and O–H groups in total. The van der Waals surface area contributed by atoms with Crippen molar-refractivity contribution in [2.45, 2.75) is 62.7 Å². The zero-order valence-corrected chi connectivity index (χ0v) is 19.8. The van der Waals surface area contributed by atoms with Gasteiger partial charge in [0.2, 0.25) is 0 Å². The first-order valence-corrected chi connectivity index (χ1v) is 11.9. The van der Waals surface area contributed by atoms with Crippen molar-refractivity contribution in [3.8, 4) is 11.5 Å². The number of ether oxygens (including phenoxy) is 3. The minimum atomic E-state index is -0.845. The van der Waals surface area contributed by atoms with Crippen LogP contribution < -0.4 is 20.1 Å². The molecule has 0 aliphatic carbocycles. The lowest BCUT2D eigenvalue weighted by molar-refractivity contribution is -0.131. The van der Waals surface area contributed by atoms with Crippen molar-refractivity contribution < 1.29 is 33.3 Å². The normalized spacial score (nSPS) is 28.7. The van der Waals surface area contributed by atoms with Gasteiger partial charge in [0.05, 0.1) is 30.4 Å². The number of halogens is 2. The van der Waals surface area contributed by atoms with E-state index < -0.39 is 12.2 Å². The van der Waals surface area contributed by atoms with Gasteiger partial charge in [-0.3, -0.25) is 9.59 Å². The Kier molecular flexibility index (Phi) is 6.57.